The largest absolute Gasteiger partial charge is 0.433 e. The summed E-state index contributed by atoms with van der Waals surface area (Å²) in [6, 6.07) is 0.843. The Hall–Kier alpha value is -1.41. The van der Waals surface area contributed by atoms with Gasteiger partial charge in [0, 0.05) is 32.9 Å². The van der Waals surface area contributed by atoms with Gasteiger partial charge in [-0.15, -0.1) is 0 Å². The van der Waals surface area contributed by atoms with Crippen molar-refractivity contribution in [2.75, 3.05) is 45.7 Å². The lowest BCUT2D eigenvalue weighted by molar-refractivity contribution is -0.141. The molecule has 8 heteroatoms. The normalized spacial score (nSPS) is 11.9. The molecule has 108 valence electrons. The van der Waals surface area contributed by atoms with Gasteiger partial charge in [-0.2, -0.15) is 13.2 Å². The summed E-state index contributed by atoms with van der Waals surface area (Å²) in [7, 11) is 3.51. The van der Waals surface area contributed by atoms with Crippen LogP contribution in [0.4, 0.5) is 19.1 Å². The molecule has 0 aliphatic carbocycles. The van der Waals surface area contributed by atoms with E-state index in [0.29, 0.717) is 19.7 Å². The monoisotopic (exact) mass is 278 g/mol. The molecule has 0 amide bonds. The molecule has 1 N–H and O–H groups in total. The second-order valence-electron chi connectivity index (χ2n) is 3.99. The van der Waals surface area contributed by atoms with Gasteiger partial charge in [-0.25, -0.2) is 9.97 Å². The number of methoxy groups -OCH3 is 1. The Morgan fingerprint density at radius 2 is 2.11 bits per heavy atom. The quantitative estimate of drug-likeness (QED) is 0.819. The van der Waals surface area contributed by atoms with Crippen molar-refractivity contribution in [3.63, 3.8) is 0 Å². The van der Waals surface area contributed by atoms with Crippen molar-refractivity contribution >= 4 is 5.95 Å². The van der Waals surface area contributed by atoms with Crippen LogP contribution in [0, 0.1) is 0 Å². The number of alkyl halides is 3. The Morgan fingerprint density at radius 1 is 1.37 bits per heavy atom. The van der Waals surface area contributed by atoms with Crippen molar-refractivity contribution in [2.24, 2.45) is 0 Å². The highest BCUT2D eigenvalue weighted by atomic mass is 19.4. The highest BCUT2D eigenvalue weighted by Gasteiger charge is 2.32. The number of hydrogen-bond donors (Lipinski definition) is 1. The highest BCUT2D eigenvalue weighted by Crippen LogP contribution is 2.27. The molecule has 0 saturated heterocycles. The summed E-state index contributed by atoms with van der Waals surface area (Å²) in [6.45, 7) is 2.47. The van der Waals surface area contributed by atoms with Gasteiger partial charge in [0.15, 0.2) is 0 Å². The fourth-order valence-electron chi connectivity index (χ4n) is 1.32. The smallest absolute Gasteiger partial charge is 0.383 e. The van der Waals surface area contributed by atoms with Crippen LogP contribution in [0.25, 0.3) is 0 Å². The van der Waals surface area contributed by atoms with Crippen molar-refractivity contribution in [1.82, 2.24) is 14.9 Å². The first-order valence-electron chi connectivity index (χ1n) is 5.75. The van der Waals surface area contributed by atoms with Crippen molar-refractivity contribution in [1.29, 1.82) is 0 Å². The van der Waals surface area contributed by atoms with E-state index in [1.54, 1.807) is 7.11 Å². The third kappa shape index (κ3) is 5.84. The zero-order valence-corrected chi connectivity index (χ0v) is 10.9. The summed E-state index contributed by atoms with van der Waals surface area (Å²) in [4.78, 5) is 9.15. The summed E-state index contributed by atoms with van der Waals surface area (Å²) in [5, 5.41) is 2.76. The number of aromatic nitrogens is 2. The Bertz CT molecular complexity index is 386. The summed E-state index contributed by atoms with van der Waals surface area (Å²) in [5.41, 5.74) is -0.947. The third-order valence-corrected chi connectivity index (χ3v) is 2.40. The van der Waals surface area contributed by atoms with E-state index in [1.165, 1.54) is 0 Å². The standard InChI is InChI=1S/C11H17F3N4O/c1-18(7-8-19-2)6-5-16-10-15-4-3-9(17-10)11(12,13)14/h3-4H,5-8H2,1-2H3,(H,15,16,17). The molecule has 0 fully saturated rings. The first kappa shape index (κ1) is 15.6. The summed E-state index contributed by atoms with van der Waals surface area (Å²) in [6.07, 6.45) is -3.36. The van der Waals surface area contributed by atoms with Crippen LogP contribution in [0.15, 0.2) is 12.3 Å². The van der Waals surface area contributed by atoms with E-state index in [0.717, 1.165) is 18.8 Å². The molecule has 0 aliphatic heterocycles. The first-order chi connectivity index (χ1) is 8.93. The summed E-state index contributed by atoms with van der Waals surface area (Å²) in [5.74, 6) is -0.0185. The van der Waals surface area contributed by atoms with Gasteiger partial charge in [-0.1, -0.05) is 0 Å². The summed E-state index contributed by atoms with van der Waals surface area (Å²) >= 11 is 0. The SMILES string of the molecule is COCCN(C)CCNc1nccc(C(F)(F)F)n1. The Balaban J connectivity index is 2.41. The van der Waals surface area contributed by atoms with E-state index in [-0.39, 0.29) is 5.95 Å². The van der Waals surface area contributed by atoms with Gasteiger partial charge in [-0.3, -0.25) is 0 Å². The van der Waals surface area contributed by atoms with Gasteiger partial charge >= 0.3 is 6.18 Å². The van der Waals surface area contributed by atoms with Crippen LogP contribution in [0.2, 0.25) is 0 Å². The van der Waals surface area contributed by atoms with E-state index in [2.05, 4.69) is 15.3 Å². The second kappa shape index (κ2) is 7.25. The average Bonchev–Trinajstić information content (AvgIpc) is 2.36. The van der Waals surface area contributed by atoms with E-state index in [9.17, 15) is 13.2 Å². The van der Waals surface area contributed by atoms with Gasteiger partial charge in [0.2, 0.25) is 5.95 Å². The molecule has 0 spiro atoms. The van der Waals surface area contributed by atoms with Crippen LogP contribution in [0.1, 0.15) is 5.69 Å². The minimum atomic E-state index is -4.45. The van der Waals surface area contributed by atoms with E-state index in [4.69, 9.17) is 4.74 Å². The molecule has 0 saturated carbocycles. The highest BCUT2D eigenvalue weighted by molar-refractivity contribution is 5.25. The van der Waals surface area contributed by atoms with Gasteiger partial charge in [0.25, 0.3) is 0 Å². The number of hydrogen-bond acceptors (Lipinski definition) is 5. The Morgan fingerprint density at radius 3 is 2.74 bits per heavy atom. The maximum atomic E-state index is 12.4. The van der Waals surface area contributed by atoms with E-state index >= 15 is 0 Å². The average molecular weight is 278 g/mol. The molecule has 0 aliphatic rings. The van der Waals surface area contributed by atoms with Gasteiger partial charge in [0.05, 0.1) is 6.61 Å². The number of rotatable bonds is 7. The molecular formula is C11H17F3N4O. The van der Waals surface area contributed by atoms with Crippen molar-refractivity contribution < 1.29 is 17.9 Å². The number of nitrogens with one attached hydrogen (secondary N) is 1. The Kier molecular flexibility index (Phi) is 5.97. The molecule has 0 bridgehead atoms. The van der Waals surface area contributed by atoms with Gasteiger partial charge in [-0.05, 0) is 13.1 Å². The Labute approximate surface area is 109 Å². The molecule has 1 rings (SSSR count). The summed E-state index contributed by atoms with van der Waals surface area (Å²) < 4.78 is 42.2. The van der Waals surface area contributed by atoms with Crippen LogP contribution in [-0.4, -0.2) is 55.3 Å². The predicted octanol–water partition coefficient (Wildman–Crippen LogP) is 1.49. The molecule has 0 radical (unpaired) electrons. The third-order valence-electron chi connectivity index (χ3n) is 2.40. The minimum Gasteiger partial charge on any atom is -0.383 e. The van der Waals surface area contributed by atoms with Crippen LogP contribution in [0.3, 0.4) is 0 Å². The number of ether oxygens (including phenoxy) is 1. The second-order valence-corrected chi connectivity index (χ2v) is 3.99. The molecule has 19 heavy (non-hydrogen) atoms. The maximum absolute atomic E-state index is 12.4. The van der Waals surface area contributed by atoms with Crippen molar-refractivity contribution in [3.8, 4) is 0 Å². The number of anilines is 1. The molecule has 0 aromatic carbocycles. The lowest BCUT2D eigenvalue weighted by Gasteiger charge is -2.16. The zero-order chi connectivity index (χ0) is 14.3. The molecule has 0 atom stereocenters. The van der Waals surface area contributed by atoms with Crippen LogP contribution in [-0.2, 0) is 10.9 Å². The predicted molar refractivity (Wildman–Crippen MR) is 64.9 cm³/mol. The van der Waals surface area contributed by atoms with Crippen molar-refractivity contribution in [3.05, 3.63) is 18.0 Å². The van der Waals surface area contributed by atoms with E-state index < -0.39 is 11.9 Å². The molecule has 0 unspecified atom stereocenters. The lowest BCUT2D eigenvalue weighted by Crippen LogP contribution is -2.28. The molecule has 1 aromatic rings. The van der Waals surface area contributed by atoms with Gasteiger partial charge in [0.1, 0.15) is 5.69 Å². The fourth-order valence-corrected chi connectivity index (χ4v) is 1.32. The van der Waals surface area contributed by atoms with Crippen LogP contribution in [0.5, 0.6) is 0 Å². The molecule has 5 nitrogen and oxygen atoms in total. The van der Waals surface area contributed by atoms with Crippen molar-refractivity contribution in [2.45, 2.75) is 6.18 Å². The maximum Gasteiger partial charge on any atom is 0.433 e. The fraction of sp³-hybridized carbons (Fsp3) is 0.636. The minimum absolute atomic E-state index is 0.0185. The van der Waals surface area contributed by atoms with Crippen LogP contribution >= 0.6 is 0 Å². The van der Waals surface area contributed by atoms with Crippen LogP contribution < -0.4 is 5.32 Å². The number of nitrogens with zero attached hydrogens (tertiary/aromatic N) is 3. The molecule has 1 heterocycles. The molecular weight excluding hydrogens is 261 g/mol. The number of likely N-dealkylation sites (N-methyl/N-ethyl adjacent to an activating group) is 1. The zero-order valence-electron chi connectivity index (χ0n) is 10.9. The first-order valence-corrected chi connectivity index (χ1v) is 5.75. The number of halogens is 3. The van der Waals surface area contributed by atoms with E-state index in [1.807, 2.05) is 11.9 Å². The van der Waals surface area contributed by atoms with Gasteiger partial charge < -0.3 is 15.0 Å². The lowest BCUT2D eigenvalue weighted by atomic mass is 10.4. The topological polar surface area (TPSA) is 50.3 Å². The molecule has 1 aromatic heterocycles.